The molecule has 0 aromatic rings. The summed E-state index contributed by atoms with van der Waals surface area (Å²) in [6.07, 6.45) is 3.95. The van der Waals surface area contributed by atoms with Crippen LogP contribution in [0.5, 0.6) is 0 Å². The zero-order chi connectivity index (χ0) is 6.85. The fourth-order valence-corrected chi connectivity index (χ4v) is 1.28. The third-order valence-electron chi connectivity index (χ3n) is 1.91. The first kappa shape index (κ1) is 6.85. The predicted octanol–water partition coefficient (Wildman–Crippen LogP) is 1.34. The highest BCUT2D eigenvalue weighted by atomic mass is 19.1. The summed E-state index contributed by atoms with van der Waals surface area (Å²) in [5.41, 5.74) is 0. The van der Waals surface area contributed by atoms with E-state index in [1.807, 2.05) is 13.0 Å². The maximum atomic E-state index is 12.7. The molecule has 3 atom stereocenters. The molecule has 50 valence electrons. The van der Waals surface area contributed by atoms with Crippen LogP contribution in [0.25, 0.3) is 0 Å². The number of halogens is 1. The zero-order valence-corrected chi connectivity index (χ0v) is 5.97. The molecule has 9 heavy (non-hydrogen) atoms. The topological polar surface area (TPSA) is 0 Å². The van der Waals surface area contributed by atoms with Gasteiger partial charge in [0, 0.05) is 0 Å². The van der Waals surface area contributed by atoms with Crippen LogP contribution in [-0.4, -0.2) is 14.0 Å². The van der Waals surface area contributed by atoms with Crippen molar-refractivity contribution in [1.82, 2.24) is 0 Å². The van der Waals surface area contributed by atoms with Crippen LogP contribution < -0.4 is 0 Å². The van der Waals surface area contributed by atoms with Crippen LogP contribution in [-0.2, 0) is 0 Å². The molecule has 0 heterocycles. The Labute approximate surface area is 56.6 Å². The zero-order valence-electron chi connectivity index (χ0n) is 5.97. The van der Waals surface area contributed by atoms with E-state index in [9.17, 15) is 4.39 Å². The third kappa shape index (κ3) is 1.57. The van der Waals surface area contributed by atoms with E-state index in [1.165, 1.54) is 0 Å². The molecule has 0 N–H and O–H groups in total. The minimum absolute atomic E-state index is 0.227. The molecule has 0 aromatic heterocycles. The van der Waals surface area contributed by atoms with Gasteiger partial charge >= 0.3 is 0 Å². The van der Waals surface area contributed by atoms with Crippen LogP contribution in [0.15, 0.2) is 12.2 Å². The van der Waals surface area contributed by atoms with Crippen molar-refractivity contribution in [3.05, 3.63) is 12.2 Å². The Morgan fingerprint density at radius 2 is 2.22 bits per heavy atom. The van der Waals surface area contributed by atoms with E-state index >= 15 is 0 Å². The maximum Gasteiger partial charge on any atom is 0.121 e. The van der Waals surface area contributed by atoms with Gasteiger partial charge in [-0.2, -0.15) is 0 Å². The molecule has 0 saturated heterocycles. The second-order valence-corrected chi connectivity index (χ2v) is 3.02. The molecular formula is C7H12BF. The van der Waals surface area contributed by atoms with E-state index in [-0.39, 0.29) is 5.92 Å². The summed E-state index contributed by atoms with van der Waals surface area (Å²) in [5, 5.41) is 0. The van der Waals surface area contributed by atoms with E-state index in [1.54, 1.807) is 6.08 Å². The first-order valence-electron chi connectivity index (χ1n) is 3.52. The average Bonchev–Trinajstić information content (AvgIpc) is 1.80. The summed E-state index contributed by atoms with van der Waals surface area (Å²) in [5.74, 6) is 0.803. The van der Waals surface area contributed by atoms with E-state index in [4.69, 9.17) is 0 Å². The molecule has 0 fully saturated rings. The molecule has 2 heteroatoms. The molecule has 0 nitrogen and oxygen atoms in total. The van der Waals surface area contributed by atoms with Crippen molar-refractivity contribution < 1.29 is 4.39 Å². The lowest BCUT2D eigenvalue weighted by Gasteiger charge is -2.21. The molecular weight excluding hydrogens is 114 g/mol. The number of hydrogen-bond donors (Lipinski definition) is 0. The van der Waals surface area contributed by atoms with Crippen molar-refractivity contribution in [3.63, 3.8) is 0 Å². The van der Waals surface area contributed by atoms with Gasteiger partial charge < -0.3 is 0 Å². The van der Waals surface area contributed by atoms with Crippen molar-refractivity contribution in [2.45, 2.75) is 25.3 Å². The molecule has 0 aromatic carbocycles. The van der Waals surface area contributed by atoms with Crippen LogP contribution in [0.4, 0.5) is 4.39 Å². The van der Waals surface area contributed by atoms with Crippen molar-refractivity contribution >= 4 is 7.85 Å². The highest BCUT2D eigenvalue weighted by Crippen LogP contribution is 2.26. The van der Waals surface area contributed by atoms with Crippen molar-refractivity contribution in [1.29, 1.82) is 0 Å². The van der Waals surface area contributed by atoms with Gasteiger partial charge in [0.25, 0.3) is 0 Å². The number of hydrogen-bond acceptors (Lipinski definition) is 0. The van der Waals surface area contributed by atoms with Gasteiger partial charge in [-0.05, 0) is 12.3 Å². The normalized spacial score (nSPS) is 43.1. The summed E-state index contributed by atoms with van der Waals surface area (Å²) >= 11 is 0. The highest BCUT2D eigenvalue weighted by Gasteiger charge is 2.19. The Balaban J connectivity index is 2.54. The van der Waals surface area contributed by atoms with Gasteiger partial charge in [-0.15, -0.1) is 0 Å². The largest absolute Gasteiger partial charge is 0.243 e. The molecule has 0 spiro atoms. The molecule has 0 radical (unpaired) electrons. The van der Waals surface area contributed by atoms with Crippen LogP contribution >= 0.6 is 0 Å². The van der Waals surface area contributed by atoms with Gasteiger partial charge in [0.2, 0.25) is 0 Å². The van der Waals surface area contributed by atoms with Gasteiger partial charge in [0.05, 0.1) is 0 Å². The lowest BCUT2D eigenvalue weighted by Crippen LogP contribution is -2.16. The number of allylic oxidation sites excluding steroid dienone is 2. The molecule has 1 rings (SSSR count). The Kier molecular flexibility index (Phi) is 1.94. The third-order valence-corrected chi connectivity index (χ3v) is 1.91. The summed E-state index contributed by atoms with van der Waals surface area (Å²) in [4.78, 5) is 0. The quantitative estimate of drug-likeness (QED) is 0.339. The fraction of sp³-hybridized carbons (Fsp3) is 0.714. The van der Waals surface area contributed by atoms with E-state index < -0.39 is 6.17 Å². The molecule has 3 unspecified atom stereocenters. The molecule has 1 aliphatic carbocycles. The standard InChI is InChI=1S/C7H12BF/c1-5-4-6(8)2-3-7(5)9/h2-3,5-7H,4,8H2,1H3. The Hall–Kier alpha value is -0.265. The van der Waals surface area contributed by atoms with Gasteiger partial charge in [0.15, 0.2) is 0 Å². The van der Waals surface area contributed by atoms with E-state index in [0.29, 0.717) is 5.82 Å². The second kappa shape index (κ2) is 2.55. The molecule has 0 bridgehead atoms. The maximum absolute atomic E-state index is 12.7. The van der Waals surface area contributed by atoms with E-state index in [0.717, 1.165) is 6.42 Å². The smallest absolute Gasteiger partial charge is 0.121 e. The molecule has 0 amide bonds. The molecule has 0 aliphatic heterocycles. The Morgan fingerprint density at radius 1 is 1.56 bits per heavy atom. The Bertz CT molecular complexity index is 122. The first-order valence-corrected chi connectivity index (χ1v) is 3.52. The predicted molar refractivity (Wildman–Crippen MR) is 40.1 cm³/mol. The highest BCUT2D eigenvalue weighted by molar-refractivity contribution is 6.13. The summed E-state index contributed by atoms with van der Waals surface area (Å²) < 4.78 is 12.7. The summed E-state index contributed by atoms with van der Waals surface area (Å²) in [7, 11) is 2.12. The van der Waals surface area contributed by atoms with Gasteiger partial charge in [-0.1, -0.05) is 24.9 Å². The minimum Gasteiger partial charge on any atom is -0.243 e. The van der Waals surface area contributed by atoms with Crippen molar-refractivity contribution in [3.8, 4) is 0 Å². The lowest BCUT2D eigenvalue weighted by molar-refractivity contribution is 0.275. The SMILES string of the molecule is BC1C=CC(F)C(C)C1. The van der Waals surface area contributed by atoms with Crippen molar-refractivity contribution in [2.75, 3.05) is 0 Å². The van der Waals surface area contributed by atoms with Crippen LogP contribution in [0.2, 0.25) is 5.82 Å². The Morgan fingerprint density at radius 3 is 2.67 bits per heavy atom. The van der Waals surface area contributed by atoms with E-state index in [2.05, 4.69) is 7.85 Å². The minimum atomic E-state index is -0.693. The first-order chi connectivity index (χ1) is 4.20. The summed E-state index contributed by atoms with van der Waals surface area (Å²) in [6, 6.07) is 0. The molecule has 1 aliphatic rings. The van der Waals surface area contributed by atoms with Gasteiger partial charge in [-0.3, -0.25) is 0 Å². The molecule has 0 saturated carbocycles. The average molecular weight is 126 g/mol. The number of alkyl halides is 1. The second-order valence-electron chi connectivity index (χ2n) is 3.02. The van der Waals surface area contributed by atoms with Gasteiger partial charge in [-0.25, -0.2) is 4.39 Å². The number of rotatable bonds is 0. The van der Waals surface area contributed by atoms with Gasteiger partial charge in [0.1, 0.15) is 14.0 Å². The summed E-state index contributed by atoms with van der Waals surface area (Å²) in [6.45, 7) is 1.96. The van der Waals surface area contributed by atoms with Crippen LogP contribution in [0, 0.1) is 5.92 Å². The fourth-order valence-electron chi connectivity index (χ4n) is 1.28. The van der Waals surface area contributed by atoms with Crippen LogP contribution in [0.1, 0.15) is 13.3 Å². The van der Waals surface area contributed by atoms with Crippen molar-refractivity contribution in [2.24, 2.45) is 5.92 Å². The monoisotopic (exact) mass is 126 g/mol. The lowest BCUT2D eigenvalue weighted by atomic mass is 9.75. The van der Waals surface area contributed by atoms with Crippen LogP contribution in [0.3, 0.4) is 0 Å².